The summed E-state index contributed by atoms with van der Waals surface area (Å²) in [7, 11) is 1.59. The van der Waals surface area contributed by atoms with Crippen LogP contribution in [0.5, 0.6) is 0 Å². The van der Waals surface area contributed by atoms with E-state index in [1.165, 1.54) is 6.26 Å². The van der Waals surface area contributed by atoms with Crippen LogP contribution in [0.25, 0.3) is 0 Å². The zero-order valence-corrected chi connectivity index (χ0v) is 14.8. The number of nitrogens with zero attached hydrogens (tertiary/aromatic N) is 1. The average molecular weight is 357 g/mol. The van der Waals surface area contributed by atoms with Crippen molar-refractivity contribution in [1.82, 2.24) is 5.32 Å². The van der Waals surface area contributed by atoms with Crippen molar-refractivity contribution >= 4 is 23.2 Å². The summed E-state index contributed by atoms with van der Waals surface area (Å²) in [6, 6.07) is 8.64. The molecule has 2 aromatic rings. The van der Waals surface area contributed by atoms with E-state index in [1.54, 1.807) is 31.4 Å². The normalized spacial score (nSPS) is 13.7. The summed E-state index contributed by atoms with van der Waals surface area (Å²) in [5.41, 5.74) is 1.97. The van der Waals surface area contributed by atoms with Crippen LogP contribution in [0.1, 0.15) is 33.8 Å². The van der Waals surface area contributed by atoms with Crippen LogP contribution in [-0.2, 0) is 4.74 Å². The molecular weight excluding hydrogens is 334 g/mol. The standard InChI is InChI=1S/C19H23N3O4/c1-25-12-8-20-18(23)15-13-14(21-19(24)17-5-4-11-26-17)6-7-16(15)22-9-2-3-10-22/h4-7,11,13H,2-3,8-10,12H2,1H3,(H,20,23)(H,21,24). The molecule has 1 saturated heterocycles. The van der Waals surface area contributed by atoms with E-state index in [4.69, 9.17) is 9.15 Å². The van der Waals surface area contributed by atoms with Gasteiger partial charge < -0.3 is 24.7 Å². The lowest BCUT2D eigenvalue weighted by molar-refractivity contribution is 0.0936. The van der Waals surface area contributed by atoms with E-state index in [2.05, 4.69) is 15.5 Å². The smallest absolute Gasteiger partial charge is 0.291 e. The Morgan fingerprint density at radius 1 is 1.19 bits per heavy atom. The number of ether oxygens (including phenoxy) is 1. The molecule has 1 aromatic heterocycles. The van der Waals surface area contributed by atoms with Crippen molar-refractivity contribution in [2.75, 3.05) is 43.6 Å². The van der Waals surface area contributed by atoms with E-state index < -0.39 is 0 Å². The molecule has 1 aromatic carbocycles. The van der Waals surface area contributed by atoms with Crippen molar-refractivity contribution in [1.29, 1.82) is 0 Å². The Labute approximate surface area is 152 Å². The molecule has 1 aliphatic heterocycles. The molecule has 0 unspecified atom stereocenters. The molecule has 2 heterocycles. The number of hydrogen-bond acceptors (Lipinski definition) is 5. The molecule has 1 fully saturated rings. The number of carbonyl (C=O) groups is 2. The number of amides is 2. The fourth-order valence-electron chi connectivity index (χ4n) is 2.99. The second-order valence-electron chi connectivity index (χ2n) is 6.11. The van der Waals surface area contributed by atoms with E-state index in [0.717, 1.165) is 31.6 Å². The third-order valence-electron chi connectivity index (χ3n) is 4.28. The maximum absolute atomic E-state index is 12.6. The van der Waals surface area contributed by atoms with Gasteiger partial charge in [0.15, 0.2) is 5.76 Å². The molecule has 3 rings (SSSR count). The van der Waals surface area contributed by atoms with E-state index in [-0.39, 0.29) is 17.6 Å². The zero-order chi connectivity index (χ0) is 18.4. The van der Waals surface area contributed by atoms with Gasteiger partial charge in [0.05, 0.1) is 18.4 Å². The molecule has 0 atom stereocenters. The Hall–Kier alpha value is -2.80. The van der Waals surface area contributed by atoms with Crippen LogP contribution in [0.3, 0.4) is 0 Å². The van der Waals surface area contributed by atoms with Crippen molar-refractivity contribution in [2.24, 2.45) is 0 Å². The lowest BCUT2D eigenvalue weighted by Crippen LogP contribution is -2.30. The lowest BCUT2D eigenvalue weighted by atomic mass is 10.1. The Bertz CT molecular complexity index is 752. The molecule has 0 spiro atoms. The second-order valence-corrected chi connectivity index (χ2v) is 6.11. The minimum Gasteiger partial charge on any atom is -0.459 e. The van der Waals surface area contributed by atoms with Gasteiger partial charge in [0.25, 0.3) is 11.8 Å². The monoisotopic (exact) mass is 357 g/mol. The highest BCUT2D eigenvalue weighted by Gasteiger charge is 2.20. The predicted molar refractivity (Wildman–Crippen MR) is 98.8 cm³/mol. The predicted octanol–water partition coefficient (Wildman–Crippen LogP) is 2.51. The van der Waals surface area contributed by atoms with Crippen molar-refractivity contribution < 1.29 is 18.7 Å². The molecule has 0 radical (unpaired) electrons. The number of anilines is 2. The Balaban J connectivity index is 1.81. The van der Waals surface area contributed by atoms with Gasteiger partial charge in [0, 0.05) is 38.1 Å². The largest absolute Gasteiger partial charge is 0.459 e. The fraction of sp³-hybridized carbons (Fsp3) is 0.368. The highest BCUT2D eigenvalue weighted by Crippen LogP contribution is 2.27. The third kappa shape index (κ3) is 4.23. The molecule has 7 nitrogen and oxygen atoms in total. The Morgan fingerprint density at radius 3 is 2.69 bits per heavy atom. The van der Waals surface area contributed by atoms with Gasteiger partial charge in [-0.15, -0.1) is 0 Å². The first-order chi connectivity index (χ1) is 12.7. The van der Waals surface area contributed by atoms with Gasteiger partial charge in [-0.2, -0.15) is 0 Å². The van der Waals surface area contributed by atoms with E-state index in [1.807, 2.05) is 6.07 Å². The maximum Gasteiger partial charge on any atom is 0.291 e. The molecule has 7 heteroatoms. The third-order valence-corrected chi connectivity index (χ3v) is 4.28. The number of rotatable bonds is 7. The van der Waals surface area contributed by atoms with Gasteiger partial charge >= 0.3 is 0 Å². The first-order valence-electron chi connectivity index (χ1n) is 8.70. The highest BCUT2D eigenvalue weighted by molar-refractivity contribution is 6.05. The van der Waals surface area contributed by atoms with Crippen molar-refractivity contribution in [3.63, 3.8) is 0 Å². The topological polar surface area (TPSA) is 83.8 Å². The van der Waals surface area contributed by atoms with Crippen LogP contribution in [0.2, 0.25) is 0 Å². The van der Waals surface area contributed by atoms with Gasteiger partial charge in [-0.1, -0.05) is 0 Å². The number of furan rings is 1. The number of carbonyl (C=O) groups excluding carboxylic acids is 2. The van der Waals surface area contributed by atoms with Crippen LogP contribution < -0.4 is 15.5 Å². The molecule has 0 saturated carbocycles. The Kier molecular flexibility index (Phi) is 5.91. The quantitative estimate of drug-likeness (QED) is 0.744. The lowest BCUT2D eigenvalue weighted by Gasteiger charge is -2.22. The molecule has 26 heavy (non-hydrogen) atoms. The average Bonchev–Trinajstić information content (AvgIpc) is 3.35. The van der Waals surface area contributed by atoms with E-state index in [0.29, 0.717) is 24.4 Å². The van der Waals surface area contributed by atoms with Crippen LogP contribution in [0.4, 0.5) is 11.4 Å². The first kappa shape index (κ1) is 18.0. The summed E-state index contributed by atoms with van der Waals surface area (Å²) in [5.74, 6) is -0.313. The second kappa shape index (κ2) is 8.53. The molecule has 0 aliphatic carbocycles. The van der Waals surface area contributed by atoms with Crippen LogP contribution >= 0.6 is 0 Å². The molecule has 0 bridgehead atoms. The highest BCUT2D eigenvalue weighted by atomic mass is 16.5. The van der Waals surface area contributed by atoms with E-state index >= 15 is 0 Å². The SMILES string of the molecule is COCCNC(=O)c1cc(NC(=O)c2ccco2)ccc1N1CCCC1. The number of hydrogen-bond donors (Lipinski definition) is 2. The number of nitrogens with one attached hydrogen (secondary N) is 2. The Morgan fingerprint density at radius 2 is 2.00 bits per heavy atom. The van der Waals surface area contributed by atoms with Crippen LogP contribution in [0, 0.1) is 0 Å². The summed E-state index contributed by atoms with van der Waals surface area (Å²) in [4.78, 5) is 27.0. The van der Waals surface area contributed by atoms with Gasteiger partial charge in [0.1, 0.15) is 0 Å². The van der Waals surface area contributed by atoms with Gasteiger partial charge in [-0.05, 0) is 43.2 Å². The summed E-state index contributed by atoms with van der Waals surface area (Å²) in [5, 5.41) is 5.62. The van der Waals surface area contributed by atoms with Crippen molar-refractivity contribution in [3.8, 4) is 0 Å². The summed E-state index contributed by atoms with van der Waals surface area (Å²) in [6.45, 7) is 2.73. The fourth-order valence-corrected chi connectivity index (χ4v) is 2.99. The zero-order valence-electron chi connectivity index (χ0n) is 14.8. The van der Waals surface area contributed by atoms with Crippen molar-refractivity contribution in [3.05, 3.63) is 47.9 Å². The first-order valence-corrected chi connectivity index (χ1v) is 8.70. The number of benzene rings is 1. The minimum atomic E-state index is -0.352. The van der Waals surface area contributed by atoms with Crippen molar-refractivity contribution in [2.45, 2.75) is 12.8 Å². The molecule has 138 valence electrons. The van der Waals surface area contributed by atoms with Crippen LogP contribution in [-0.4, -0.2) is 45.2 Å². The summed E-state index contributed by atoms with van der Waals surface area (Å²) < 4.78 is 10.1. The van der Waals surface area contributed by atoms with Gasteiger partial charge in [-0.3, -0.25) is 9.59 Å². The van der Waals surface area contributed by atoms with Gasteiger partial charge in [0.2, 0.25) is 0 Å². The van der Waals surface area contributed by atoms with Gasteiger partial charge in [-0.25, -0.2) is 0 Å². The van der Waals surface area contributed by atoms with E-state index in [9.17, 15) is 9.59 Å². The molecule has 2 N–H and O–H groups in total. The maximum atomic E-state index is 12.6. The summed E-state index contributed by atoms with van der Waals surface area (Å²) >= 11 is 0. The van der Waals surface area contributed by atoms with Crippen LogP contribution in [0.15, 0.2) is 41.0 Å². The molecule has 2 amide bonds. The molecular formula is C19H23N3O4. The number of methoxy groups -OCH3 is 1. The summed E-state index contributed by atoms with van der Waals surface area (Å²) in [6.07, 6.45) is 3.67. The molecule has 1 aliphatic rings. The minimum absolute atomic E-state index is 0.182.